The van der Waals surface area contributed by atoms with E-state index in [1.165, 1.54) is 23.7 Å². The summed E-state index contributed by atoms with van der Waals surface area (Å²) < 4.78 is 23.2. The molecular weight excluding hydrogens is 561 g/mol. The van der Waals surface area contributed by atoms with E-state index in [1.54, 1.807) is 32.4 Å². The Labute approximate surface area is 240 Å². The lowest BCUT2D eigenvalue weighted by Gasteiger charge is -2.36. The normalized spacial score (nSPS) is 12.8. The second kappa shape index (κ2) is 12.8. The Morgan fingerprint density at radius 2 is 1.68 bits per heavy atom. The van der Waals surface area contributed by atoms with Crippen LogP contribution in [0.1, 0.15) is 52.6 Å². The van der Waals surface area contributed by atoms with Gasteiger partial charge in [0.2, 0.25) is 0 Å². The molecule has 1 atom stereocenters. The van der Waals surface area contributed by atoms with Gasteiger partial charge in [0.15, 0.2) is 19.8 Å². The standard InChI is InChI=1S/C28H35Cl2NO5SSi/c1-28(2,3)38(6,7)35-13-12-19-9-11-26(37-19)27(32)36-24(15-20-21(29)16-31-17-22(20)30)18-8-10-23(33-4)25(14-18)34-5/h8-11,14,16-17,24H,12-13,15H2,1-7H3/t24-/m0/s1. The van der Waals surface area contributed by atoms with Crippen molar-refractivity contribution in [2.45, 2.75) is 57.8 Å². The molecule has 0 spiro atoms. The molecule has 3 rings (SSSR count). The van der Waals surface area contributed by atoms with E-state index in [-0.39, 0.29) is 11.5 Å². The van der Waals surface area contributed by atoms with Gasteiger partial charge in [-0.05, 0) is 53.5 Å². The van der Waals surface area contributed by atoms with Crippen LogP contribution in [0.3, 0.4) is 0 Å². The van der Waals surface area contributed by atoms with Crippen LogP contribution in [0.5, 0.6) is 11.5 Å². The molecule has 0 unspecified atom stereocenters. The van der Waals surface area contributed by atoms with Gasteiger partial charge in [0.1, 0.15) is 11.0 Å². The molecule has 0 radical (unpaired) electrons. The number of benzene rings is 1. The minimum absolute atomic E-state index is 0.150. The second-order valence-corrected chi connectivity index (χ2v) is 17.2. The first-order valence-corrected chi connectivity index (χ1v) is 16.8. The van der Waals surface area contributed by atoms with Gasteiger partial charge in [-0.25, -0.2) is 4.79 Å². The molecule has 0 saturated carbocycles. The van der Waals surface area contributed by atoms with Gasteiger partial charge in [-0.3, -0.25) is 4.98 Å². The largest absolute Gasteiger partial charge is 0.493 e. The number of carbonyl (C=O) groups is 1. The quantitative estimate of drug-likeness (QED) is 0.164. The van der Waals surface area contributed by atoms with Crippen molar-refractivity contribution in [1.29, 1.82) is 0 Å². The number of carbonyl (C=O) groups excluding carboxylic acids is 1. The fourth-order valence-corrected chi connectivity index (χ4v) is 5.97. The van der Waals surface area contributed by atoms with Crippen LogP contribution >= 0.6 is 34.5 Å². The van der Waals surface area contributed by atoms with Crippen molar-refractivity contribution in [3.05, 3.63) is 73.7 Å². The smallest absolute Gasteiger partial charge is 0.348 e. The van der Waals surface area contributed by atoms with Gasteiger partial charge in [0.25, 0.3) is 0 Å². The van der Waals surface area contributed by atoms with E-state index in [0.717, 1.165) is 16.9 Å². The van der Waals surface area contributed by atoms with Crippen LogP contribution in [0.15, 0.2) is 42.7 Å². The first-order chi connectivity index (χ1) is 17.9. The van der Waals surface area contributed by atoms with Crippen molar-refractivity contribution in [3.8, 4) is 11.5 Å². The molecule has 0 aliphatic rings. The first-order valence-electron chi connectivity index (χ1n) is 12.3. The lowest BCUT2D eigenvalue weighted by molar-refractivity contribution is 0.0303. The highest BCUT2D eigenvalue weighted by Gasteiger charge is 2.36. The second-order valence-electron chi connectivity index (χ2n) is 10.4. The number of esters is 1. The molecule has 0 saturated heterocycles. The maximum Gasteiger partial charge on any atom is 0.348 e. The van der Waals surface area contributed by atoms with Crippen LogP contribution in [-0.2, 0) is 22.0 Å². The molecule has 2 aromatic heterocycles. The average Bonchev–Trinajstić information content (AvgIpc) is 3.33. The van der Waals surface area contributed by atoms with Gasteiger partial charge in [0, 0.05) is 36.7 Å². The Bertz CT molecular complexity index is 1240. The number of hydrogen-bond acceptors (Lipinski definition) is 7. The zero-order valence-electron chi connectivity index (χ0n) is 22.9. The predicted molar refractivity (Wildman–Crippen MR) is 157 cm³/mol. The van der Waals surface area contributed by atoms with Crippen molar-refractivity contribution in [2.24, 2.45) is 0 Å². The Kier molecular flexibility index (Phi) is 10.3. The van der Waals surface area contributed by atoms with Crippen molar-refractivity contribution < 1.29 is 23.4 Å². The summed E-state index contributed by atoms with van der Waals surface area (Å²) in [5.41, 5.74) is 1.37. The zero-order valence-corrected chi connectivity index (χ0v) is 26.2. The molecule has 2 heterocycles. The Morgan fingerprint density at radius 1 is 1.03 bits per heavy atom. The predicted octanol–water partition coefficient (Wildman–Crippen LogP) is 8.17. The molecule has 38 heavy (non-hydrogen) atoms. The molecule has 0 bridgehead atoms. The minimum atomic E-state index is -1.83. The molecule has 206 valence electrons. The number of aromatic nitrogens is 1. The Hall–Kier alpha value is -2.10. The van der Waals surface area contributed by atoms with Gasteiger partial charge < -0.3 is 18.6 Å². The molecule has 3 aromatic rings. The number of halogens is 2. The third kappa shape index (κ3) is 7.51. The number of thiophene rings is 1. The SMILES string of the molecule is COc1ccc([C@H](Cc2c(Cl)cncc2Cl)OC(=O)c2ccc(CCO[Si](C)(C)C(C)(C)C)s2)cc1OC. The summed E-state index contributed by atoms with van der Waals surface area (Å²) in [4.78, 5) is 18.9. The van der Waals surface area contributed by atoms with Crippen LogP contribution in [0.2, 0.25) is 28.2 Å². The summed E-state index contributed by atoms with van der Waals surface area (Å²) in [6, 6.07) is 9.15. The van der Waals surface area contributed by atoms with E-state index in [0.29, 0.717) is 38.6 Å². The van der Waals surface area contributed by atoms with Crippen molar-refractivity contribution >= 4 is 48.8 Å². The van der Waals surface area contributed by atoms with Gasteiger partial charge in [0.05, 0.1) is 24.3 Å². The van der Waals surface area contributed by atoms with Crippen molar-refractivity contribution in [3.63, 3.8) is 0 Å². The van der Waals surface area contributed by atoms with Gasteiger partial charge in [-0.15, -0.1) is 11.3 Å². The summed E-state index contributed by atoms with van der Waals surface area (Å²) in [6.45, 7) is 11.8. The van der Waals surface area contributed by atoms with Crippen molar-refractivity contribution in [2.75, 3.05) is 20.8 Å². The summed E-state index contributed by atoms with van der Waals surface area (Å²) >= 11 is 14.2. The average molecular weight is 597 g/mol. The van der Waals surface area contributed by atoms with Gasteiger partial charge >= 0.3 is 5.97 Å². The lowest BCUT2D eigenvalue weighted by atomic mass is 10.0. The first kappa shape index (κ1) is 30.4. The lowest BCUT2D eigenvalue weighted by Crippen LogP contribution is -2.41. The highest BCUT2D eigenvalue weighted by molar-refractivity contribution is 7.13. The topological polar surface area (TPSA) is 66.9 Å². The maximum absolute atomic E-state index is 13.3. The fourth-order valence-electron chi connectivity index (χ4n) is 3.53. The fraction of sp³-hybridized carbons (Fsp3) is 0.429. The summed E-state index contributed by atoms with van der Waals surface area (Å²) in [7, 11) is 1.30. The number of hydrogen-bond donors (Lipinski definition) is 0. The number of nitrogens with zero attached hydrogens (tertiary/aromatic N) is 1. The Morgan fingerprint density at radius 3 is 2.29 bits per heavy atom. The van der Waals surface area contributed by atoms with E-state index in [9.17, 15) is 4.79 Å². The molecular formula is C28H35Cl2NO5SSi. The molecule has 0 fully saturated rings. The van der Waals surface area contributed by atoms with E-state index < -0.39 is 20.4 Å². The molecule has 0 aliphatic carbocycles. The van der Waals surface area contributed by atoms with Crippen LogP contribution in [0.25, 0.3) is 0 Å². The summed E-state index contributed by atoms with van der Waals surface area (Å²) in [5, 5.41) is 0.954. The zero-order chi connectivity index (χ0) is 28.1. The van der Waals surface area contributed by atoms with Crippen LogP contribution in [0.4, 0.5) is 0 Å². The number of ether oxygens (including phenoxy) is 3. The van der Waals surface area contributed by atoms with E-state index in [1.807, 2.05) is 12.1 Å². The molecule has 0 amide bonds. The van der Waals surface area contributed by atoms with E-state index in [4.69, 9.17) is 41.8 Å². The number of pyridine rings is 1. The molecule has 1 aromatic carbocycles. The monoisotopic (exact) mass is 595 g/mol. The van der Waals surface area contributed by atoms with Crippen LogP contribution in [0, 0.1) is 0 Å². The molecule has 0 N–H and O–H groups in total. The van der Waals surface area contributed by atoms with Gasteiger partial charge in [-0.1, -0.05) is 50.0 Å². The van der Waals surface area contributed by atoms with Crippen LogP contribution in [-0.4, -0.2) is 40.1 Å². The van der Waals surface area contributed by atoms with E-state index >= 15 is 0 Å². The summed E-state index contributed by atoms with van der Waals surface area (Å²) in [6.07, 6.45) is 3.37. The van der Waals surface area contributed by atoms with Crippen LogP contribution < -0.4 is 9.47 Å². The maximum atomic E-state index is 13.3. The third-order valence-electron chi connectivity index (χ3n) is 6.85. The summed E-state index contributed by atoms with van der Waals surface area (Å²) in [5.74, 6) is 0.676. The Balaban J connectivity index is 1.80. The van der Waals surface area contributed by atoms with E-state index in [2.05, 4.69) is 38.8 Å². The highest BCUT2D eigenvalue weighted by atomic mass is 35.5. The molecule has 10 heteroatoms. The van der Waals surface area contributed by atoms with Gasteiger partial charge in [-0.2, -0.15) is 0 Å². The molecule has 0 aliphatic heterocycles. The highest BCUT2D eigenvalue weighted by Crippen LogP contribution is 2.37. The minimum Gasteiger partial charge on any atom is -0.493 e. The number of methoxy groups -OCH3 is 2. The third-order valence-corrected chi connectivity index (χ3v) is 13.2. The number of rotatable bonds is 11. The molecule has 6 nitrogen and oxygen atoms in total. The van der Waals surface area contributed by atoms with Crippen molar-refractivity contribution in [1.82, 2.24) is 4.98 Å².